The molecule has 4 heteroatoms. The number of rotatable bonds is 3. The lowest BCUT2D eigenvalue weighted by atomic mass is 10.0. The first kappa shape index (κ1) is 13.8. The van der Waals surface area contributed by atoms with Gasteiger partial charge in [0.2, 0.25) is 0 Å². The maximum atomic E-state index is 6.10. The molecular weight excluding hydrogens is 264 g/mol. The van der Waals surface area contributed by atoms with E-state index in [-0.39, 0.29) is 6.10 Å². The van der Waals surface area contributed by atoms with Crippen molar-refractivity contribution < 1.29 is 9.47 Å². The molecule has 0 bridgehead atoms. The minimum atomic E-state index is 0.0295. The number of methoxy groups -OCH3 is 1. The van der Waals surface area contributed by atoms with Crippen molar-refractivity contribution in [2.45, 2.75) is 6.10 Å². The number of para-hydroxylation sites is 1. The summed E-state index contributed by atoms with van der Waals surface area (Å²) in [7, 11) is 3.74. The zero-order valence-electron chi connectivity index (χ0n) is 12.4. The van der Waals surface area contributed by atoms with Gasteiger partial charge in [0.15, 0.2) is 5.75 Å². The van der Waals surface area contributed by atoms with Gasteiger partial charge in [-0.2, -0.15) is 0 Å². The van der Waals surface area contributed by atoms with Crippen molar-refractivity contribution in [2.75, 3.05) is 32.1 Å². The Kier molecular flexibility index (Phi) is 3.71. The molecule has 21 heavy (non-hydrogen) atoms. The largest absolute Gasteiger partial charge is 0.497 e. The van der Waals surface area contributed by atoms with Crippen molar-refractivity contribution >= 4 is 5.69 Å². The van der Waals surface area contributed by atoms with Gasteiger partial charge in [0, 0.05) is 19.2 Å². The molecule has 0 saturated carbocycles. The molecule has 0 unspecified atom stereocenters. The molecule has 0 aromatic heterocycles. The Balaban J connectivity index is 2.05. The molecule has 110 valence electrons. The molecule has 3 rings (SSSR count). The van der Waals surface area contributed by atoms with E-state index in [0.717, 1.165) is 34.9 Å². The molecule has 1 atom stereocenters. The van der Waals surface area contributed by atoms with Crippen LogP contribution in [0.3, 0.4) is 0 Å². The number of nitrogens with two attached hydrogens (primary N) is 1. The Morgan fingerprint density at radius 3 is 2.67 bits per heavy atom. The molecule has 0 radical (unpaired) electrons. The lowest BCUT2D eigenvalue weighted by Gasteiger charge is -2.34. The van der Waals surface area contributed by atoms with E-state index in [1.807, 2.05) is 24.3 Å². The van der Waals surface area contributed by atoms with Gasteiger partial charge in [0.1, 0.15) is 11.9 Å². The van der Waals surface area contributed by atoms with Crippen molar-refractivity contribution in [2.24, 2.45) is 5.73 Å². The fourth-order valence-electron chi connectivity index (χ4n) is 2.68. The summed E-state index contributed by atoms with van der Waals surface area (Å²) < 4.78 is 11.3. The number of hydrogen-bond donors (Lipinski definition) is 1. The second-order valence-corrected chi connectivity index (χ2v) is 5.24. The predicted octanol–water partition coefficient (Wildman–Crippen LogP) is 2.52. The van der Waals surface area contributed by atoms with E-state index in [1.54, 1.807) is 7.11 Å². The van der Waals surface area contributed by atoms with E-state index in [1.165, 1.54) is 0 Å². The maximum Gasteiger partial charge on any atom is 0.150 e. The van der Waals surface area contributed by atoms with Crippen molar-refractivity contribution in [3.05, 3.63) is 42.5 Å². The van der Waals surface area contributed by atoms with Gasteiger partial charge < -0.3 is 20.1 Å². The standard InChI is InChI=1S/C17H20N2O2/c1-19-11-14(10-18)21-17-15(4-3-5-16(17)19)12-6-8-13(20-2)9-7-12/h3-9,14H,10-11,18H2,1-2H3/t14-/m0/s1. The topological polar surface area (TPSA) is 47.7 Å². The van der Waals surface area contributed by atoms with Crippen molar-refractivity contribution in [1.82, 2.24) is 0 Å². The Bertz CT molecular complexity index is 625. The molecule has 4 nitrogen and oxygen atoms in total. The van der Waals surface area contributed by atoms with E-state index >= 15 is 0 Å². The third-order valence-electron chi connectivity index (χ3n) is 3.83. The van der Waals surface area contributed by atoms with E-state index in [9.17, 15) is 0 Å². The Morgan fingerprint density at radius 1 is 1.24 bits per heavy atom. The van der Waals surface area contributed by atoms with Crippen molar-refractivity contribution in [3.63, 3.8) is 0 Å². The van der Waals surface area contributed by atoms with E-state index in [2.05, 4.69) is 30.1 Å². The van der Waals surface area contributed by atoms with Crippen LogP contribution in [0.1, 0.15) is 0 Å². The molecule has 0 fully saturated rings. The van der Waals surface area contributed by atoms with Crippen LogP contribution in [-0.4, -0.2) is 33.4 Å². The summed E-state index contributed by atoms with van der Waals surface area (Å²) in [6.45, 7) is 1.33. The van der Waals surface area contributed by atoms with Crippen LogP contribution in [0.4, 0.5) is 5.69 Å². The summed E-state index contributed by atoms with van der Waals surface area (Å²) in [6.07, 6.45) is 0.0295. The maximum absolute atomic E-state index is 6.10. The third-order valence-corrected chi connectivity index (χ3v) is 3.83. The van der Waals surface area contributed by atoms with Crippen LogP contribution in [-0.2, 0) is 0 Å². The van der Waals surface area contributed by atoms with Crippen LogP contribution >= 0.6 is 0 Å². The number of fused-ring (bicyclic) bond motifs is 1. The smallest absolute Gasteiger partial charge is 0.150 e. The van der Waals surface area contributed by atoms with Crippen LogP contribution in [0.2, 0.25) is 0 Å². The first-order valence-electron chi connectivity index (χ1n) is 7.08. The molecule has 0 amide bonds. The van der Waals surface area contributed by atoms with Gasteiger partial charge in [-0.15, -0.1) is 0 Å². The second-order valence-electron chi connectivity index (χ2n) is 5.24. The fraction of sp³-hybridized carbons (Fsp3) is 0.294. The minimum Gasteiger partial charge on any atom is -0.497 e. The zero-order valence-corrected chi connectivity index (χ0v) is 12.4. The lowest BCUT2D eigenvalue weighted by Crippen LogP contribution is -2.42. The fourth-order valence-corrected chi connectivity index (χ4v) is 2.68. The van der Waals surface area contributed by atoms with Crippen LogP contribution in [0.5, 0.6) is 11.5 Å². The average molecular weight is 284 g/mol. The van der Waals surface area contributed by atoms with Gasteiger partial charge in [-0.25, -0.2) is 0 Å². The van der Waals surface area contributed by atoms with Crippen molar-refractivity contribution in [3.8, 4) is 22.6 Å². The van der Waals surface area contributed by atoms with Gasteiger partial charge in [-0.1, -0.05) is 24.3 Å². The number of likely N-dealkylation sites (N-methyl/N-ethyl adjacent to an activating group) is 1. The lowest BCUT2D eigenvalue weighted by molar-refractivity contribution is 0.205. The quantitative estimate of drug-likeness (QED) is 0.941. The van der Waals surface area contributed by atoms with Crippen LogP contribution in [0, 0.1) is 0 Å². The molecule has 2 aromatic rings. The number of ether oxygens (including phenoxy) is 2. The predicted molar refractivity (Wildman–Crippen MR) is 85.2 cm³/mol. The molecular formula is C17H20N2O2. The third kappa shape index (κ3) is 2.54. The normalized spacial score (nSPS) is 17.1. The highest BCUT2D eigenvalue weighted by Crippen LogP contribution is 2.41. The Morgan fingerprint density at radius 2 is 2.00 bits per heavy atom. The van der Waals surface area contributed by atoms with Crippen LogP contribution in [0.15, 0.2) is 42.5 Å². The first-order chi connectivity index (χ1) is 10.2. The van der Waals surface area contributed by atoms with Gasteiger partial charge in [-0.3, -0.25) is 0 Å². The van der Waals surface area contributed by atoms with Gasteiger partial charge in [0.25, 0.3) is 0 Å². The molecule has 1 heterocycles. The highest BCUT2D eigenvalue weighted by atomic mass is 16.5. The van der Waals surface area contributed by atoms with Crippen LogP contribution < -0.4 is 20.1 Å². The van der Waals surface area contributed by atoms with E-state index < -0.39 is 0 Å². The molecule has 1 aliphatic heterocycles. The highest BCUT2D eigenvalue weighted by Gasteiger charge is 2.25. The second kappa shape index (κ2) is 5.66. The number of nitrogens with zero attached hydrogens (tertiary/aromatic N) is 1. The minimum absolute atomic E-state index is 0.0295. The molecule has 0 spiro atoms. The summed E-state index contributed by atoms with van der Waals surface area (Å²) in [6, 6.07) is 14.2. The molecule has 0 saturated heterocycles. The Labute approximate surface area is 125 Å². The molecule has 1 aliphatic rings. The van der Waals surface area contributed by atoms with Crippen molar-refractivity contribution in [1.29, 1.82) is 0 Å². The highest BCUT2D eigenvalue weighted by molar-refractivity contribution is 5.79. The van der Waals surface area contributed by atoms with Gasteiger partial charge in [-0.05, 0) is 23.8 Å². The molecule has 2 N–H and O–H groups in total. The monoisotopic (exact) mass is 284 g/mol. The van der Waals surface area contributed by atoms with E-state index in [4.69, 9.17) is 15.2 Å². The number of benzene rings is 2. The summed E-state index contributed by atoms with van der Waals surface area (Å²) in [4.78, 5) is 2.20. The number of anilines is 1. The molecule has 0 aliphatic carbocycles. The Hall–Kier alpha value is -2.20. The summed E-state index contributed by atoms with van der Waals surface area (Å²) in [5.41, 5.74) is 9.08. The number of hydrogen-bond acceptors (Lipinski definition) is 4. The average Bonchev–Trinajstić information content (AvgIpc) is 2.54. The first-order valence-corrected chi connectivity index (χ1v) is 7.08. The summed E-state index contributed by atoms with van der Waals surface area (Å²) in [5, 5.41) is 0. The summed E-state index contributed by atoms with van der Waals surface area (Å²) in [5.74, 6) is 1.76. The molecule has 2 aromatic carbocycles. The SMILES string of the molecule is COc1ccc(-c2cccc3c2O[C@@H](CN)CN3C)cc1. The summed E-state index contributed by atoms with van der Waals surface area (Å²) >= 11 is 0. The van der Waals surface area contributed by atoms with Gasteiger partial charge in [0.05, 0.1) is 19.3 Å². The van der Waals surface area contributed by atoms with E-state index in [0.29, 0.717) is 6.54 Å². The zero-order chi connectivity index (χ0) is 14.8. The van der Waals surface area contributed by atoms with Gasteiger partial charge >= 0.3 is 0 Å². The van der Waals surface area contributed by atoms with Crippen LogP contribution in [0.25, 0.3) is 11.1 Å².